The largest absolute Gasteiger partial charge is 0.376 e. The zero-order valence-electron chi connectivity index (χ0n) is 13.9. The van der Waals surface area contributed by atoms with Crippen LogP contribution in [0.3, 0.4) is 0 Å². The maximum absolute atomic E-state index is 12.4. The summed E-state index contributed by atoms with van der Waals surface area (Å²) in [6.07, 6.45) is 4.95. The van der Waals surface area contributed by atoms with Crippen LogP contribution in [0.15, 0.2) is 36.5 Å². The Kier molecular flexibility index (Phi) is 5.82. The smallest absolute Gasteiger partial charge is 0.323 e. The van der Waals surface area contributed by atoms with Crippen LogP contribution in [0.25, 0.3) is 0 Å². The van der Waals surface area contributed by atoms with Gasteiger partial charge in [-0.2, -0.15) is 0 Å². The number of benzene rings is 1. The molecule has 1 aromatic heterocycles. The van der Waals surface area contributed by atoms with Crippen LogP contribution in [0.2, 0.25) is 0 Å². The van der Waals surface area contributed by atoms with Crippen molar-refractivity contribution in [3.8, 4) is 0 Å². The van der Waals surface area contributed by atoms with Crippen LogP contribution < -0.4 is 5.32 Å². The number of urea groups is 1. The number of aromatic nitrogens is 1. The van der Waals surface area contributed by atoms with Crippen LogP contribution in [0.4, 0.5) is 9.93 Å². The average Bonchev–Trinajstić information content (AvgIpc) is 3.25. The first kappa shape index (κ1) is 16.9. The van der Waals surface area contributed by atoms with Crippen molar-refractivity contribution in [3.63, 3.8) is 0 Å². The SMILES string of the molecule is CCN(C[C@H]1CCCO1)C(=O)Nc1ncc(Cc2ccccc2)s1. The Morgan fingerprint density at radius 1 is 1.42 bits per heavy atom. The number of hydrogen-bond donors (Lipinski definition) is 1. The lowest BCUT2D eigenvalue weighted by atomic mass is 10.1. The van der Waals surface area contributed by atoms with Gasteiger partial charge in [0.2, 0.25) is 0 Å². The van der Waals surface area contributed by atoms with E-state index in [-0.39, 0.29) is 12.1 Å². The van der Waals surface area contributed by atoms with Crippen molar-refractivity contribution < 1.29 is 9.53 Å². The van der Waals surface area contributed by atoms with E-state index >= 15 is 0 Å². The van der Waals surface area contributed by atoms with E-state index in [1.807, 2.05) is 31.3 Å². The summed E-state index contributed by atoms with van der Waals surface area (Å²) < 4.78 is 5.62. The minimum absolute atomic E-state index is 0.103. The molecule has 3 rings (SSSR count). The second-order valence-electron chi connectivity index (χ2n) is 5.90. The molecule has 24 heavy (non-hydrogen) atoms. The van der Waals surface area contributed by atoms with E-state index in [2.05, 4.69) is 22.4 Å². The van der Waals surface area contributed by atoms with Crippen molar-refractivity contribution in [2.45, 2.75) is 32.3 Å². The summed E-state index contributed by atoms with van der Waals surface area (Å²) in [5.74, 6) is 0. The van der Waals surface area contributed by atoms with Gasteiger partial charge in [-0.25, -0.2) is 9.78 Å². The topological polar surface area (TPSA) is 54.5 Å². The van der Waals surface area contributed by atoms with Gasteiger partial charge in [0.05, 0.1) is 6.10 Å². The van der Waals surface area contributed by atoms with E-state index in [1.165, 1.54) is 16.9 Å². The van der Waals surface area contributed by atoms with Gasteiger partial charge in [-0.15, -0.1) is 11.3 Å². The molecule has 0 aliphatic carbocycles. The van der Waals surface area contributed by atoms with Crippen molar-refractivity contribution in [2.24, 2.45) is 0 Å². The van der Waals surface area contributed by atoms with E-state index in [4.69, 9.17) is 4.74 Å². The van der Waals surface area contributed by atoms with Crippen LogP contribution in [-0.4, -0.2) is 41.7 Å². The van der Waals surface area contributed by atoms with Gasteiger partial charge in [0.25, 0.3) is 0 Å². The molecule has 0 spiro atoms. The molecule has 1 aromatic carbocycles. The molecular formula is C18H23N3O2S. The molecular weight excluding hydrogens is 322 g/mol. The van der Waals surface area contributed by atoms with E-state index in [0.29, 0.717) is 18.2 Å². The van der Waals surface area contributed by atoms with Gasteiger partial charge in [0.1, 0.15) is 0 Å². The molecule has 0 unspecified atom stereocenters. The van der Waals surface area contributed by atoms with E-state index in [0.717, 1.165) is 30.7 Å². The molecule has 128 valence electrons. The Hall–Kier alpha value is -1.92. The fraction of sp³-hybridized carbons (Fsp3) is 0.444. The van der Waals surface area contributed by atoms with E-state index < -0.39 is 0 Å². The monoisotopic (exact) mass is 345 g/mol. The molecule has 6 heteroatoms. The molecule has 1 atom stereocenters. The normalized spacial score (nSPS) is 17.0. The highest BCUT2D eigenvalue weighted by Crippen LogP contribution is 2.22. The average molecular weight is 345 g/mol. The molecule has 0 saturated carbocycles. The lowest BCUT2D eigenvalue weighted by Gasteiger charge is -2.23. The maximum atomic E-state index is 12.4. The maximum Gasteiger partial charge on any atom is 0.323 e. The number of amides is 2. The minimum atomic E-state index is -0.103. The molecule has 1 saturated heterocycles. The van der Waals surface area contributed by atoms with Gasteiger partial charge in [-0.1, -0.05) is 30.3 Å². The molecule has 0 bridgehead atoms. The van der Waals surface area contributed by atoms with Gasteiger partial charge >= 0.3 is 6.03 Å². The number of carbonyl (C=O) groups is 1. The predicted octanol–water partition coefficient (Wildman–Crippen LogP) is 3.77. The lowest BCUT2D eigenvalue weighted by Crippen LogP contribution is -2.39. The second kappa shape index (κ2) is 8.26. The van der Waals surface area contributed by atoms with Crippen LogP contribution in [0.5, 0.6) is 0 Å². The zero-order chi connectivity index (χ0) is 16.8. The highest BCUT2D eigenvalue weighted by Gasteiger charge is 2.22. The molecule has 2 amide bonds. The standard InChI is InChI=1S/C18H23N3O2S/c1-2-21(13-15-9-6-10-23-15)18(22)20-17-19-12-16(24-17)11-14-7-4-3-5-8-14/h3-5,7-8,12,15H,2,6,9-11,13H2,1H3,(H,19,20,22)/t15-/m1/s1. The van der Waals surface area contributed by atoms with Crippen molar-refractivity contribution in [1.29, 1.82) is 0 Å². The molecule has 1 fully saturated rings. The third-order valence-electron chi connectivity index (χ3n) is 4.11. The first-order valence-corrected chi connectivity index (χ1v) is 9.22. The van der Waals surface area contributed by atoms with Crippen molar-refractivity contribution in [2.75, 3.05) is 25.0 Å². The summed E-state index contributed by atoms with van der Waals surface area (Å²) >= 11 is 1.53. The Balaban J connectivity index is 1.55. The van der Waals surface area contributed by atoms with E-state index in [1.54, 1.807) is 4.90 Å². The predicted molar refractivity (Wildman–Crippen MR) is 96.6 cm³/mol. The minimum Gasteiger partial charge on any atom is -0.376 e. The zero-order valence-corrected chi connectivity index (χ0v) is 14.7. The van der Waals surface area contributed by atoms with Gasteiger partial charge in [0.15, 0.2) is 5.13 Å². The third kappa shape index (κ3) is 4.55. The number of rotatable bonds is 6. The van der Waals surface area contributed by atoms with Crippen molar-refractivity contribution in [3.05, 3.63) is 47.0 Å². The fourth-order valence-corrected chi connectivity index (χ4v) is 3.64. The Bertz CT molecular complexity index is 653. The Morgan fingerprint density at radius 3 is 2.96 bits per heavy atom. The van der Waals surface area contributed by atoms with Crippen LogP contribution in [0, 0.1) is 0 Å². The van der Waals surface area contributed by atoms with Crippen LogP contribution in [-0.2, 0) is 11.2 Å². The molecule has 1 aliphatic heterocycles. The first-order chi connectivity index (χ1) is 11.7. The lowest BCUT2D eigenvalue weighted by molar-refractivity contribution is 0.0849. The van der Waals surface area contributed by atoms with Crippen LogP contribution in [0.1, 0.15) is 30.2 Å². The fourth-order valence-electron chi connectivity index (χ4n) is 2.80. The van der Waals surface area contributed by atoms with Crippen molar-refractivity contribution >= 4 is 22.5 Å². The van der Waals surface area contributed by atoms with Crippen molar-refractivity contribution in [1.82, 2.24) is 9.88 Å². The number of carbonyl (C=O) groups excluding carboxylic acids is 1. The molecule has 2 aromatic rings. The van der Waals surface area contributed by atoms with E-state index in [9.17, 15) is 4.79 Å². The second-order valence-corrected chi connectivity index (χ2v) is 7.01. The van der Waals surface area contributed by atoms with Crippen LogP contribution >= 0.6 is 11.3 Å². The van der Waals surface area contributed by atoms with Gasteiger partial charge in [-0.3, -0.25) is 5.32 Å². The highest BCUT2D eigenvalue weighted by molar-refractivity contribution is 7.15. The summed E-state index contributed by atoms with van der Waals surface area (Å²) in [6.45, 7) is 4.09. The molecule has 5 nitrogen and oxygen atoms in total. The van der Waals surface area contributed by atoms with Gasteiger partial charge in [-0.05, 0) is 25.3 Å². The first-order valence-electron chi connectivity index (χ1n) is 8.40. The quantitative estimate of drug-likeness (QED) is 0.867. The number of likely N-dealkylation sites (N-methyl/N-ethyl adjacent to an activating group) is 1. The summed E-state index contributed by atoms with van der Waals surface area (Å²) in [4.78, 5) is 19.7. The third-order valence-corrected chi connectivity index (χ3v) is 5.02. The molecule has 1 N–H and O–H groups in total. The summed E-state index contributed by atoms with van der Waals surface area (Å²) in [5.41, 5.74) is 1.24. The van der Waals surface area contributed by atoms with Gasteiger partial charge < -0.3 is 9.64 Å². The number of nitrogens with one attached hydrogen (secondary N) is 1. The summed E-state index contributed by atoms with van der Waals surface area (Å²) in [6, 6.07) is 10.2. The highest BCUT2D eigenvalue weighted by atomic mass is 32.1. The number of thiazole rings is 1. The molecule has 0 radical (unpaired) electrons. The summed E-state index contributed by atoms with van der Waals surface area (Å²) in [7, 11) is 0. The number of hydrogen-bond acceptors (Lipinski definition) is 4. The summed E-state index contributed by atoms with van der Waals surface area (Å²) in [5, 5.41) is 3.56. The van der Waals surface area contributed by atoms with Gasteiger partial charge in [0, 0.05) is 37.2 Å². The number of nitrogens with zero attached hydrogens (tertiary/aromatic N) is 2. The number of ether oxygens (including phenoxy) is 1. The Morgan fingerprint density at radius 2 is 2.25 bits per heavy atom. The molecule has 1 aliphatic rings. The molecule has 2 heterocycles. The number of anilines is 1. The Labute approximate surface area is 146 Å².